The Balaban J connectivity index is 1.24. The van der Waals surface area contributed by atoms with Crippen LogP contribution in [0.4, 0.5) is 17.2 Å². The molecule has 0 aromatic carbocycles. The van der Waals surface area contributed by atoms with Gasteiger partial charge in [-0.15, -0.1) is 0 Å². The number of hydrogen-bond acceptors (Lipinski definition) is 8. The van der Waals surface area contributed by atoms with E-state index in [1.54, 1.807) is 44.0 Å². The number of aliphatic hydroxyl groups is 1. The normalized spacial score (nSPS) is 16.5. The molecule has 11 heteroatoms. The third kappa shape index (κ3) is 4.70. The fourth-order valence-electron chi connectivity index (χ4n) is 6.33. The van der Waals surface area contributed by atoms with Gasteiger partial charge in [0.15, 0.2) is 0 Å². The smallest absolute Gasteiger partial charge is 0.280 e. The van der Waals surface area contributed by atoms with Gasteiger partial charge in [-0.05, 0) is 67.6 Å². The summed E-state index contributed by atoms with van der Waals surface area (Å²) < 4.78 is 10.5. The Labute approximate surface area is 247 Å². The van der Waals surface area contributed by atoms with Gasteiger partial charge in [-0.25, -0.2) is 9.97 Å². The quantitative estimate of drug-likeness (QED) is 0.315. The van der Waals surface area contributed by atoms with Crippen molar-refractivity contribution in [3.8, 4) is 16.9 Å². The van der Waals surface area contributed by atoms with Crippen molar-refractivity contribution >= 4 is 22.7 Å². The van der Waals surface area contributed by atoms with Gasteiger partial charge >= 0.3 is 0 Å². The summed E-state index contributed by atoms with van der Waals surface area (Å²) in [5, 5.41) is 13.7. The standard InChI is InChI=1S/C32H33N7O4/c1-20-19-43-13-12-37(20)23-6-7-29(34-16-23)35-26-14-22(17-36(2)31(26)41)24-8-9-33-30(25(24)18-40)39-11-10-38-27-5-3-4-21(27)15-28(38)32(39)42/h6-11,14-17,20,40H,3-5,12-13,18-19H2,1-2H3,(H,34,35)/t20-/m0/s1. The first-order chi connectivity index (χ1) is 20.9. The van der Waals surface area contributed by atoms with Gasteiger partial charge < -0.3 is 29.0 Å². The van der Waals surface area contributed by atoms with Crippen molar-refractivity contribution in [2.45, 2.75) is 38.8 Å². The lowest BCUT2D eigenvalue weighted by Crippen LogP contribution is -2.43. The minimum Gasteiger partial charge on any atom is -0.392 e. The molecule has 1 fully saturated rings. The van der Waals surface area contributed by atoms with Crippen LogP contribution < -0.4 is 21.3 Å². The number of rotatable bonds is 6. The van der Waals surface area contributed by atoms with E-state index in [0.717, 1.165) is 31.5 Å². The highest BCUT2D eigenvalue weighted by Crippen LogP contribution is 2.30. The van der Waals surface area contributed by atoms with Gasteiger partial charge in [0.2, 0.25) is 0 Å². The van der Waals surface area contributed by atoms with Crippen molar-refractivity contribution in [3.63, 3.8) is 0 Å². The maximum Gasteiger partial charge on any atom is 0.280 e. The molecule has 1 aliphatic carbocycles. The van der Waals surface area contributed by atoms with E-state index in [-0.39, 0.29) is 23.8 Å². The Hall–Kier alpha value is -4.74. The lowest BCUT2D eigenvalue weighted by atomic mass is 10.0. The van der Waals surface area contributed by atoms with Gasteiger partial charge in [-0.1, -0.05) is 0 Å². The number of hydrogen-bond donors (Lipinski definition) is 2. The first-order valence-electron chi connectivity index (χ1n) is 14.5. The van der Waals surface area contributed by atoms with Crippen molar-refractivity contribution < 1.29 is 9.84 Å². The van der Waals surface area contributed by atoms with Gasteiger partial charge in [-0.2, -0.15) is 0 Å². The van der Waals surface area contributed by atoms with Crippen molar-refractivity contribution in [2.75, 3.05) is 30.0 Å². The number of fused-ring (bicyclic) bond motifs is 3. The largest absolute Gasteiger partial charge is 0.392 e. The second-order valence-corrected chi connectivity index (χ2v) is 11.2. The summed E-state index contributed by atoms with van der Waals surface area (Å²) in [7, 11) is 1.68. The van der Waals surface area contributed by atoms with E-state index in [1.807, 2.05) is 28.8 Å². The number of anilines is 3. The van der Waals surface area contributed by atoms with Gasteiger partial charge in [0.25, 0.3) is 11.1 Å². The summed E-state index contributed by atoms with van der Waals surface area (Å²) in [6, 6.07) is 9.59. The molecule has 0 saturated carbocycles. The number of aromatic nitrogens is 5. The van der Waals surface area contributed by atoms with Crippen LogP contribution in [0.25, 0.3) is 22.5 Å². The van der Waals surface area contributed by atoms with Crippen LogP contribution in [0.1, 0.15) is 30.2 Å². The van der Waals surface area contributed by atoms with Crippen LogP contribution in [0.15, 0.2) is 70.9 Å². The molecule has 0 bridgehead atoms. The second kappa shape index (κ2) is 10.8. The van der Waals surface area contributed by atoms with Crippen LogP contribution in [-0.2, 0) is 31.2 Å². The molecule has 220 valence electrons. The van der Waals surface area contributed by atoms with E-state index in [2.05, 4.69) is 27.1 Å². The number of aryl methyl sites for hydroxylation is 3. The maximum atomic E-state index is 13.6. The molecule has 0 spiro atoms. The van der Waals surface area contributed by atoms with Crippen molar-refractivity contribution in [1.29, 1.82) is 0 Å². The minimum absolute atomic E-state index is 0.194. The van der Waals surface area contributed by atoms with E-state index in [0.29, 0.717) is 52.7 Å². The molecule has 0 radical (unpaired) electrons. The Morgan fingerprint density at radius 3 is 2.77 bits per heavy atom. The maximum absolute atomic E-state index is 13.6. The first kappa shape index (κ1) is 27.1. The van der Waals surface area contributed by atoms with Crippen LogP contribution in [0.3, 0.4) is 0 Å². The average Bonchev–Trinajstić information content (AvgIpc) is 3.63. The molecule has 43 heavy (non-hydrogen) atoms. The van der Waals surface area contributed by atoms with Crippen LogP contribution >= 0.6 is 0 Å². The molecule has 2 aliphatic rings. The highest BCUT2D eigenvalue weighted by atomic mass is 16.5. The van der Waals surface area contributed by atoms with E-state index in [4.69, 9.17) is 4.74 Å². The second-order valence-electron chi connectivity index (χ2n) is 11.2. The summed E-state index contributed by atoms with van der Waals surface area (Å²) in [4.78, 5) is 38.1. The highest BCUT2D eigenvalue weighted by Gasteiger charge is 2.22. The number of pyridine rings is 3. The first-order valence-corrected chi connectivity index (χ1v) is 14.5. The van der Waals surface area contributed by atoms with Crippen molar-refractivity contribution in [2.24, 2.45) is 7.05 Å². The SMILES string of the molecule is C[C@H]1COCCN1c1ccc(Nc2cc(-c3ccnc(-n4ccn5c6c(cc5c4=O)CCC6)c3CO)cn(C)c2=O)nc1. The average molecular weight is 580 g/mol. The molecule has 6 heterocycles. The highest BCUT2D eigenvalue weighted by molar-refractivity contribution is 5.73. The van der Waals surface area contributed by atoms with Crippen LogP contribution in [-0.4, -0.2) is 54.4 Å². The topological polar surface area (TPSA) is 119 Å². The van der Waals surface area contributed by atoms with Gasteiger partial charge in [0, 0.05) is 61.2 Å². The molecule has 0 amide bonds. The summed E-state index contributed by atoms with van der Waals surface area (Å²) in [5.74, 6) is 0.891. The lowest BCUT2D eigenvalue weighted by molar-refractivity contribution is 0.0989. The number of nitrogens with one attached hydrogen (secondary N) is 1. The molecule has 11 nitrogen and oxygen atoms in total. The summed E-state index contributed by atoms with van der Waals surface area (Å²) in [6.07, 6.45) is 11.8. The van der Waals surface area contributed by atoms with Gasteiger partial charge in [0.05, 0.1) is 31.7 Å². The van der Waals surface area contributed by atoms with Gasteiger partial charge in [-0.3, -0.25) is 14.2 Å². The summed E-state index contributed by atoms with van der Waals surface area (Å²) in [5.41, 5.74) is 5.75. The third-order valence-electron chi connectivity index (χ3n) is 8.52. The Bertz CT molecular complexity index is 1960. The van der Waals surface area contributed by atoms with Crippen molar-refractivity contribution in [3.05, 3.63) is 98.8 Å². The van der Waals surface area contributed by atoms with E-state index < -0.39 is 0 Å². The molecular weight excluding hydrogens is 546 g/mol. The monoisotopic (exact) mass is 579 g/mol. The zero-order chi connectivity index (χ0) is 29.7. The Morgan fingerprint density at radius 1 is 1.09 bits per heavy atom. The lowest BCUT2D eigenvalue weighted by Gasteiger charge is -2.35. The zero-order valence-electron chi connectivity index (χ0n) is 24.2. The van der Waals surface area contributed by atoms with Crippen LogP contribution in [0, 0.1) is 0 Å². The number of ether oxygens (including phenoxy) is 1. The minimum atomic E-state index is -0.345. The van der Waals surface area contributed by atoms with Gasteiger partial charge in [0.1, 0.15) is 22.8 Å². The predicted molar refractivity (Wildman–Crippen MR) is 165 cm³/mol. The molecule has 2 N–H and O–H groups in total. The van der Waals surface area contributed by atoms with E-state index in [1.165, 1.54) is 20.4 Å². The number of nitrogens with zero attached hydrogens (tertiary/aromatic N) is 6. The predicted octanol–water partition coefficient (Wildman–Crippen LogP) is 3.20. The Kier molecular flexibility index (Phi) is 6.83. The molecule has 1 aliphatic heterocycles. The molecule has 5 aromatic heterocycles. The fraction of sp³-hybridized carbons (Fsp3) is 0.312. The third-order valence-corrected chi connectivity index (χ3v) is 8.52. The molecule has 1 atom stereocenters. The number of morpholine rings is 1. The van der Waals surface area contributed by atoms with Crippen molar-refractivity contribution in [1.82, 2.24) is 23.5 Å². The van der Waals surface area contributed by atoms with Crippen LogP contribution in [0.5, 0.6) is 0 Å². The number of aliphatic hydroxyl groups excluding tert-OH is 1. The molecule has 7 rings (SSSR count). The Morgan fingerprint density at radius 2 is 1.98 bits per heavy atom. The van der Waals surface area contributed by atoms with Crippen LogP contribution in [0.2, 0.25) is 0 Å². The van der Waals surface area contributed by atoms with E-state index in [9.17, 15) is 14.7 Å². The molecular formula is C32H33N7O4. The zero-order valence-corrected chi connectivity index (χ0v) is 24.2. The summed E-state index contributed by atoms with van der Waals surface area (Å²) in [6.45, 7) is 3.92. The van der Waals surface area contributed by atoms with E-state index >= 15 is 0 Å². The summed E-state index contributed by atoms with van der Waals surface area (Å²) >= 11 is 0. The fourth-order valence-corrected chi connectivity index (χ4v) is 6.33. The molecule has 1 saturated heterocycles. The molecule has 0 unspecified atom stereocenters. The molecule has 5 aromatic rings.